The molecule has 0 amide bonds. The fraction of sp³-hybridized carbons (Fsp3) is 0.300. The van der Waals surface area contributed by atoms with Gasteiger partial charge in [-0.1, -0.05) is 25.1 Å². The quantitative estimate of drug-likeness (QED) is 0.660. The zero-order valence-corrected chi connectivity index (χ0v) is 7.26. The fourth-order valence-electron chi connectivity index (χ4n) is 1.07. The molecule has 70 valence electrons. The summed E-state index contributed by atoms with van der Waals surface area (Å²) in [7, 11) is 0. The number of Topliss-reactive ketones (excluding diaryl/α,β-unsaturated/α-hetero) is 1. The van der Waals surface area contributed by atoms with Crippen molar-refractivity contribution in [1.82, 2.24) is 0 Å². The van der Waals surface area contributed by atoms with E-state index in [0.29, 0.717) is 0 Å². The molecule has 0 atom stereocenters. The second-order valence-corrected chi connectivity index (χ2v) is 2.72. The molecule has 0 fully saturated rings. The normalized spacial score (nSPS) is 10.5. The van der Waals surface area contributed by atoms with Crippen LogP contribution in [-0.4, -0.2) is 12.2 Å². The molecular weight excluding hydrogens is 174 g/mol. The highest BCUT2D eigenvalue weighted by atomic mass is 19.3. The summed E-state index contributed by atoms with van der Waals surface area (Å²) in [5, 5.41) is 0. The topological polar surface area (TPSA) is 17.1 Å². The highest BCUT2D eigenvalue weighted by Gasteiger charge is 2.17. The minimum Gasteiger partial charge on any atom is -0.288 e. The summed E-state index contributed by atoms with van der Waals surface area (Å²) in [5.74, 6) is -1.10. The van der Waals surface area contributed by atoms with Crippen LogP contribution < -0.4 is 0 Å². The maximum atomic E-state index is 12.0. The van der Waals surface area contributed by atoms with Crippen molar-refractivity contribution in [1.29, 1.82) is 0 Å². The van der Waals surface area contributed by atoms with Crippen LogP contribution in [0.4, 0.5) is 8.78 Å². The van der Waals surface area contributed by atoms with E-state index >= 15 is 0 Å². The van der Waals surface area contributed by atoms with Crippen molar-refractivity contribution in [2.75, 3.05) is 0 Å². The Kier molecular flexibility index (Phi) is 3.12. The van der Waals surface area contributed by atoms with Gasteiger partial charge in [-0.3, -0.25) is 4.79 Å². The first-order valence-electron chi connectivity index (χ1n) is 4.06. The molecule has 0 radical (unpaired) electrons. The molecule has 0 aliphatic rings. The summed E-state index contributed by atoms with van der Waals surface area (Å²) in [4.78, 5) is 10.9. The number of alkyl halides is 2. The van der Waals surface area contributed by atoms with E-state index in [0.717, 1.165) is 12.0 Å². The van der Waals surface area contributed by atoms with Crippen molar-refractivity contribution in [2.45, 2.75) is 19.8 Å². The van der Waals surface area contributed by atoms with Crippen LogP contribution in [0, 0.1) is 0 Å². The molecule has 0 aliphatic carbocycles. The van der Waals surface area contributed by atoms with Gasteiger partial charge in [0.05, 0.1) is 0 Å². The van der Waals surface area contributed by atoms with Crippen LogP contribution in [0.5, 0.6) is 0 Å². The van der Waals surface area contributed by atoms with E-state index in [1.54, 1.807) is 6.07 Å². The molecule has 0 aromatic heterocycles. The van der Waals surface area contributed by atoms with Gasteiger partial charge in [0, 0.05) is 5.56 Å². The zero-order chi connectivity index (χ0) is 9.84. The van der Waals surface area contributed by atoms with Crippen LogP contribution in [-0.2, 0) is 6.42 Å². The van der Waals surface area contributed by atoms with Gasteiger partial charge in [0.15, 0.2) is 0 Å². The van der Waals surface area contributed by atoms with Crippen LogP contribution in [0.15, 0.2) is 24.3 Å². The number of benzene rings is 1. The average molecular weight is 184 g/mol. The molecule has 0 spiro atoms. The first kappa shape index (κ1) is 9.84. The molecule has 1 aromatic carbocycles. The van der Waals surface area contributed by atoms with E-state index in [9.17, 15) is 13.6 Å². The second kappa shape index (κ2) is 4.12. The number of hydrogen-bond acceptors (Lipinski definition) is 1. The van der Waals surface area contributed by atoms with Crippen molar-refractivity contribution < 1.29 is 13.6 Å². The lowest BCUT2D eigenvalue weighted by Gasteiger charge is -2.01. The molecule has 0 saturated carbocycles. The number of rotatable bonds is 3. The molecule has 1 nitrogen and oxygen atoms in total. The first-order valence-corrected chi connectivity index (χ1v) is 4.06. The lowest BCUT2D eigenvalue weighted by molar-refractivity contribution is 0.0678. The smallest absolute Gasteiger partial charge is 0.288 e. The van der Waals surface area contributed by atoms with Gasteiger partial charge in [-0.15, -0.1) is 0 Å². The van der Waals surface area contributed by atoms with Gasteiger partial charge < -0.3 is 0 Å². The van der Waals surface area contributed by atoms with E-state index in [4.69, 9.17) is 0 Å². The van der Waals surface area contributed by atoms with Crippen LogP contribution in [0.3, 0.4) is 0 Å². The number of hydrogen-bond donors (Lipinski definition) is 0. The standard InChI is InChI=1S/C10H10F2O/c1-2-7-4-3-5-8(6-7)9(13)10(11)12/h3-6,10H,2H2,1H3. The Morgan fingerprint density at radius 2 is 2.15 bits per heavy atom. The number of carbonyl (C=O) groups is 1. The minimum atomic E-state index is -2.91. The van der Waals surface area contributed by atoms with Gasteiger partial charge in [0.1, 0.15) is 0 Å². The Labute approximate surface area is 75.4 Å². The second-order valence-electron chi connectivity index (χ2n) is 2.72. The molecule has 0 heterocycles. The molecule has 1 rings (SSSR count). The van der Waals surface area contributed by atoms with Crippen LogP contribution in [0.1, 0.15) is 22.8 Å². The van der Waals surface area contributed by atoms with Crippen LogP contribution in [0.25, 0.3) is 0 Å². The number of aryl methyl sites for hydroxylation is 1. The highest BCUT2D eigenvalue weighted by molar-refractivity contribution is 5.98. The van der Waals surface area contributed by atoms with Gasteiger partial charge in [-0.2, -0.15) is 0 Å². The summed E-state index contributed by atoms with van der Waals surface area (Å²) in [6, 6.07) is 6.35. The third-order valence-corrected chi connectivity index (χ3v) is 1.82. The van der Waals surface area contributed by atoms with Crippen molar-refractivity contribution in [2.24, 2.45) is 0 Å². The molecule has 0 saturated heterocycles. The Bertz CT molecular complexity index is 308. The Morgan fingerprint density at radius 1 is 1.46 bits per heavy atom. The number of carbonyl (C=O) groups excluding carboxylic acids is 1. The van der Waals surface area contributed by atoms with Crippen molar-refractivity contribution in [3.8, 4) is 0 Å². The molecule has 3 heteroatoms. The molecule has 13 heavy (non-hydrogen) atoms. The summed E-state index contributed by atoms with van der Waals surface area (Å²) in [6.45, 7) is 1.91. The largest absolute Gasteiger partial charge is 0.300 e. The van der Waals surface area contributed by atoms with Crippen molar-refractivity contribution in [3.63, 3.8) is 0 Å². The Hall–Kier alpha value is -1.25. The molecule has 0 bridgehead atoms. The predicted molar refractivity (Wildman–Crippen MR) is 46.2 cm³/mol. The summed E-state index contributed by atoms with van der Waals surface area (Å²) < 4.78 is 24.0. The number of halogens is 2. The van der Waals surface area contributed by atoms with Crippen LogP contribution in [0.2, 0.25) is 0 Å². The lowest BCUT2D eigenvalue weighted by Crippen LogP contribution is -2.10. The van der Waals surface area contributed by atoms with E-state index in [1.807, 2.05) is 13.0 Å². The minimum absolute atomic E-state index is 0.0920. The molecule has 0 N–H and O–H groups in total. The molecule has 1 aromatic rings. The molecule has 0 unspecified atom stereocenters. The van der Waals surface area contributed by atoms with Gasteiger partial charge in [0.25, 0.3) is 0 Å². The predicted octanol–water partition coefficient (Wildman–Crippen LogP) is 2.70. The maximum absolute atomic E-state index is 12.0. The van der Waals surface area contributed by atoms with Gasteiger partial charge in [0.2, 0.25) is 5.78 Å². The third kappa shape index (κ3) is 2.34. The van der Waals surface area contributed by atoms with Gasteiger partial charge in [-0.05, 0) is 18.1 Å². The van der Waals surface area contributed by atoms with Gasteiger partial charge in [-0.25, -0.2) is 8.78 Å². The number of ketones is 1. The SMILES string of the molecule is CCc1cccc(C(=O)C(F)F)c1. The van der Waals surface area contributed by atoms with Crippen molar-refractivity contribution in [3.05, 3.63) is 35.4 Å². The highest BCUT2D eigenvalue weighted by Crippen LogP contribution is 2.10. The van der Waals surface area contributed by atoms with E-state index in [2.05, 4.69) is 0 Å². The molecular formula is C10H10F2O. The van der Waals surface area contributed by atoms with E-state index in [-0.39, 0.29) is 5.56 Å². The average Bonchev–Trinajstić information content (AvgIpc) is 2.16. The molecule has 0 aliphatic heterocycles. The third-order valence-electron chi connectivity index (χ3n) is 1.82. The lowest BCUT2D eigenvalue weighted by atomic mass is 10.1. The first-order chi connectivity index (χ1) is 6.15. The van der Waals surface area contributed by atoms with E-state index in [1.165, 1.54) is 12.1 Å². The van der Waals surface area contributed by atoms with Crippen LogP contribution >= 0.6 is 0 Å². The summed E-state index contributed by atoms with van der Waals surface area (Å²) in [6.07, 6.45) is -2.17. The maximum Gasteiger partial charge on any atom is 0.300 e. The summed E-state index contributed by atoms with van der Waals surface area (Å²) >= 11 is 0. The monoisotopic (exact) mass is 184 g/mol. The zero-order valence-electron chi connectivity index (χ0n) is 7.26. The van der Waals surface area contributed by atoms with Gasteiger partial charge >= 0.3 is 6.43 Å². The van der Waals surface area contributed by atoms with E-state index < -0.39 is 12.2 Å². The Morgan fingerprint density at radius 3 is 2.69 bits per heavy atom. The summed E-state index contributed by atoms with van der Waals surface area (Å²) in [5.41, 5.74) is 0.987. The van der Waals surface area contributed by atoms with Crippen molar-refractivity contribution >= 4 is 5.78 Å². The fourth-order valence-corrected chi connectivity index (χ4v) is 1.07. The Balaban J connectivity index is 2.95.